The first-order valence-electron chi connectivity index (χ1n) is 16.7. The van der Waals surface area contributed by atoms with Gasteiger partial charge in [0.15, 0.2) is 6.61 Å². The average Bonchev–Trinajstić information content (AvgIpc) is 3.60. The summed E-state index contributed by atoms with van der Waals surface area (Å²) in [6.07, 6.45) is 0.796. The number of para-hydroxylation sites is 1. The van der Waals surface area contributed by atoms with Crippen molar-refractivity contribution in [2.45, 2.75) is 58.5 Å². The number of fused-ring (bicyclic) bond motifs is 1. The molecular formula is C36H43N5O8. The van der Waals surface area contributed by atoms with Crippen LogP contribution in [0.4, 0.5) is 4.79 Å². The van der Waals surface area contributed by atoms with Crippen molar-refractivity contribution < 1.29 is 38.6 Å². The Kier molecular flexibility index (Phi) is 11.3. The molecule has 2 saturated heterocycles. The minimum atomic E-state index is -1.14. The fourth-order valence-corrected chi connectivity index (χ4v) is 6.29. The van der Waals surface area contributed by atoms with Crippen LogP contribution in [0, 0.1) is 13.8 Å². The molecule has 0 saturated carbocycles. The van der Waals surface area contributed by atoms with Crippen molar-refractivity contribution in [3.8, 4) is 5.75 Å². The van der Waals surface area contributed by atoms with Gasteiger partial charge >= 0.3 is 12.1 Å². The van der Waals surface area contributed by atoms with Crippen LogP contribution < -0.4 is 10.1 Å². The number of ether oxygens (including phenoxy) is 2. The van der Waals surface area contributed by atoms with Crippen LogP contribution in [0.25, 0.3) is 10.9 Å². The SMILES string of the molecule is CCOC(=O)N1CCN(C(=O)[C@H](CCC(=O)O)NC(=O)c2cc(OCC(=O)N3CCCC3c3ccc(C)c(C)c3)c3ccccc3n2)CC1. The van der Waals surface area contributed by atoms with Gasteiger partial charge in [0.25, 0.3) is 11.8 Å². The zero-order valence-electron chi connectivity index (χ0n) is 28.1. The number of aryl methyl sites for hydroxylation is 2. The van der Waals surface area contributed by atoms with Crippen LogP contribution in [0.3, 0.4) is 0 Å². The molecule has 0 aliphatic carbocycles. The molecule has 2 fully saturated rings. The predicted octanol–water partition coefficient (Wildman–Crippen LogP) is 3.86. The van der Waals surface area contributed by atoms with Crippen LogP contribution >= 0.6 is 0 Å². The summed E-state index contributed by atoms with van der Waals surface area (Å²) in [4.78, 5) is 73.5. The van der Waals surface area contributed by atoms with E-state index in [-0.39, 0.29) is 75.6 Å². The summed E-state index contributed by atoms with van der Waals surface area (Å²) >= 11 is 0. The first kappa shape index (κ1) is 35.1. The van der Waals surface area contributed by atoms with Gasteiger partial charge in [0.05, 0.1) is 18.2 Å². The van der Waals surface area contributed by atoms with Crippen molar-refractivity contribution in [2.24, 2.45) is 0 Å². The Morgan fingerprint density at radius 2 is 1.69 bits per heavy atom. The number of carbonyl (C=O) groups excluding carboxylic acids is 4. The number of amides is 4. The van der Waals surface area contributed by atoms with Crippen LogP contribution in [0.1, 0.15) is 65.8 Å². The van der Waals surface area contributed by atoms with Crippen molar-refractivity contribution in [2.75, 3.05) is 45.9 Å². The number of benzene rings is 2. The molecule has 5 rings (SSSR count). The summed E-state index contributed by atoms with van der Waals surface area (Å²) < 4.78 is 11.1. The van der Waals surface area contributed by atoms with E-state index in [1.807, 2.05) is 4.90 Å². The monoisotopic (exact) mass is 673 g/mol. The lowest BCUT2D eigenvalue weighted by atomic mass is 9.99. The zero-order chi connectivity index (χ0) is 35.1. The highest BCUT2D eigenvalue weighted by atomic mass is 16.6. The number of hydrogen-bond acceptors (Lipinski definition) is 8. The van der Waals surface area contributed by atoms with E-state index >= 15 is 0 Å². The molecular weight excluding hydrogens is 630 g/mol. The lowest BCUT2D eigenvalue weighted by Crippen LogP contribution is -2.56. The molecule has 260 valence electrons. The standard InChI is InChI=1S/C36H43N5O8/c1-4-48-36(47)40-18-16-39(17-19-40)35(46)28(13-14-33(43)44)38-34(45)29-21-31(26-8-5-6-9-27(26)37-29)49-22-32(42)41-15-7-10-30(41)25-12-11-23(2)24(3)20-25/h5-6,8-9,11-12,20-21,28,30H,4,7,10,13-19,22H2,1-3H3,(H,38,45)(H,43,44)/t28-,30?/m0/s1. The van der Waals surface area contributed by atoms with Crippen molar-refractivity contribution >= 4 is 40.7 Å². The van der Waals surface area contributed by atoms with Gasteiger partial charge in [-0.1, -0.05) is 30.3 Å². The number of likely N-dealkylation sites (tertiary alicyclic amines) is 1. The third-order valence-electron chi connectivity index (χ3n) is 9.12. The molecule has 49 heavy (non-hydrogen) atoms. The van der Waals surface area contributed by atoms with E-state index < -0.39 is 29.9 Å². The largest absolute Gasteiger partial charge is 0.483 e. The van der Waals surface area contributed by atoms with Gasteiger partial charge in [-0.15, -0.1) is 0 Å². The first-order valence-corrected chi connectivity index (χ1v) is 16.7. The van der Waals surface area contributed by atoms with Gasteiger partial charge in [-0.25, -0.2) is 9.78 Å². The number of piperazine rings is 1. The maximum absolute atomic E-state index is 13.6. The van der Waals surface area contributed by atoms with Gasteiger partial charge in [0.2, 0.25) is 5.91 Å². The van der Waals surface area contributed by atoms with Crippen LogP contribution in [0.2, 0.25) is 0 Å². The van der Waals surface area contributed by atoms with Crippen LogP contribution in [-0.4, -0.2) is 107 Å². The second-order valence-corrected chi connectivity index (χ2v) is 12.4. The fraction of sp³-hybridized carbons (Fsp3) is 0.444. The normalized spacial score (nSPS) is 16.7. The highest BCUT2D eigenvalue weighted by molar-refractivity contribution is 5.99. The van der Waals surface area contributed by atoms with Gasteiger partial charge in [0, 0.05) is 50.6 Å². The van der Waals surface area contributed by atoms with Gasteiger partial charge in [-0.05, 0) is 68.9 Å². The minimum Gasteiger partial charge on any atom is -0.483 e. The molecule has 13 heteroatoms. The van der Waals surface area contributed by atoms with Gasteiger partial charge in [-0.2, -0.15) is 0 Å². The van der Waals surface area contributed by atoms with E-state index in [0.29, 0.717) is 17.4 Å². The van der Waals surface area contributed by atoms with Crippen LogP contribution in [0.15, 0.2) is 48.5 Å². The summed E-state index contributed by atoms with van der Waals surface area (Å²) in [6.45, 7) is 7.35. The second-order valence-electron chi connectivity index (χ2n) is 12.4. The van der Waals surface area contributed by atoms with Crippen molar-refractivity contribution in [1.82, 2.24) is 25.0 Å². The Bertz CT molecular complexity index is 1720. The topological polar surface area (TPSA) is 159 Å². The zero-order valence-corrected chi connectivity index (χ0v) is 28.1. The molecule has 1 unspecified atom stereocenters. The van der Waals surface area contributed by atoms with Gasteiger partial charge < -0.3 is 34.6 Å². The molecule has 2 aromatic carbocycles. The Morgan fingerprint density at radius 1 is 0.959 bits per heavy atom. The quantitative estimate of drug-likeness (QED) is 0.308. The van der Waals surface area contributed by atoms with Crippen LogP contribution in [-0.2, 0) is 19.1 Å². The molecule has 2 N–H and O–H groups in total. The maximum Gasteiger partial charge on any atom is 0.409 e. The Labute approximate surface area is 285 Å². The molecule has 3 heterocycles. The lowest BCUT2D eigenvalue weighted by molar-refractivity contribution is -0.138. The highest BCUT2D eigenvalue weighted by Crippen LogP contribution is 2.33. The number of rotatable bonds is 11. The first-order chi connectivity index (χ1) is 23.5. The summed E-state index contributed by atoms with van der Waals surface area (Å²) in [5.74, 6) is -2.14. The number of aliphatic carboxylic acids is 1. The average molecular weight is 674 g/mol. The van der Waals surface area contributed by atoms with Crippen LogP contribution in [0.5, 0.6) is 5.75 Å². The number of pyridine rings is 1. The number of nitrogens with zero attached hydrogens (tertiary/aromatic N) is 4. The van der Waals surface area contributed by atoms with Crippen molar-refractivity contribution in [1.29, 1.82) is 0 Å². The maximum atomic E-state index is 13.6. The Hall–Kier alpha value is -5.20. The molecule has 0 spiro atoms. The number of carboxylic acid groups (broad SMARTS) is 1. The molecule has 0 radical (unpaired) electrons. The van der Waals surface area contributed by atoms with Crippen molar-refractivity contribution in [3.05, 3.63) is 70.9 Å². The highest BCUT2D eigenvalue weighted by Gasteiger charge is 2.32. The number of hydrogen-bond donors (Lipinski definition) is 2. The molecule has 1 aromatic heterocycles. The smallest absolute Gasteiger partial charge is 0.409 e. The third-order valence-corrected chi connectivity index (χ3v) is 9.12. The van der Waals surface area contributed by atoms with E-state index in [1.165, 1.54) is 27.0 Å². The summed E-state index contributed by atoms with van der Waals surface area (Å²) in [5, 5.41) is 12.6. The number of aromatic nitrogens is 1. The van der Waals surface area contributed by atoms with E-state index in [2.05, 4.69) is 42.3 Å². The minimum absolute atomic E-state index is 0.0423. The second kappa shape index (κ2) is 15.8. The van der Waals surface area contributed by atoms with E-state index in [4.69, 9.17) is 9.47 Å². The van der Waals surface area contributed by atoms with E-state index in [0.717, 1.165) is 18.4 Å². The molecule has 4 amide bonds. The predicted molar refractivity (Wildman–Crippen MR) is 180 cm³/mol. The van der Waals surface area contributed by atoms with Crippen molar-refractivity contribution in [3.63, 3.8) is 0 Å². The summed E-state index contributed by atoms with van der Waals surface area (Å²) in [5.41, 5.74) is 3.87. The Balaban J connectivity index is 1.30. The Morgan fingerprint density at radius 3 is 2.41 bits per heavy atom. The summed E-state index contributed by atoms with van der Waals surface area (Å²) in [6, 6.07) is 13.6. The number of carbonyl (C=O) groups is 5. The van der Waals surface area contributed by atoms with Gasteiger partial charge in [0.1, 0.15) is 17.5 Å². The molecule has 0 bridgehead atoms. The lowest BCUT2D eigenvalue weighted by Gasteiger charge is -2.35. The molecule has 13 nitrogen and oxygen atoms in total. The fourth-order valence-electron chi connectivity index (χ4n) is 6.29. The molecule has 2 atom stereocenters. The third kappa shape index (κ3) is 8.45. The molecule has 2 aliphatic rings. The number of nitrogens with one attached hydrogen (secondary N) is 1. The molecule has 2 aliphatic heterocycles. The molecule has 3 aromatic rings. The van der Waals surface area contributed by atoms with E-state index in [9.17, 15) is 29.1 Å². The van der Waals surface area contributed by atoms with Gasteiger partial charge in [-0.3, -0.25) is 19.2 Å². The number of carboxylic acids is 1. The summed E-state index contributed by atoms with van der Waals surface area (Å²) in [7, 11) is 0. The van der Waals surface area contributed by atoms with E-state index in [1.54, 1.807) is 31.2 Å².